The number of hydrogen-bond acceptors (Lipinski definition) is 4. The molecule has 0 bridgehead atoms. The molecule has 0 N–H and O–H groups in total. The maximum atomic E-state index is 11.6. The SMILES string of the molecule is COC(=O)[C@H]1C=C[C@@H](CC(=O)OC(C)(C)C)C1. The van der Waals surface area contributed by atoms with Gasteiger partial charge in [0.05, 0.1) is 19.4 Å². The van der Waals surface area contributed by atoms with E-state index in [9.17, 15) is 9.59 Å². The molecular formula is C13H20O4. The highest BCUT2D eigenvalue weighted by molar-refractivity contribution is 5.75. The van der Waals surface area contributed by atoms with E-state index in [1.807, 2.05) is 26.8 Å². The number of esters is 2. The molecule has 0 aliphatic heterocycles. The van der Waals surface area contributed by atoms with Crippen LogP contribution >= 0.6 is 0 Å². The third-order valence-electron chi connectivity index (χ3n) is 2.53. The molecule has 0 radical (unpaired) electrons. The molecule has 0 amide bonds. The van der Waals surface area contributed by atoms with Crippen molar-refractivity contribution in [3.8, 4) is 0 Å². The Kier molecular flexibility index (Phi) is 4.32. The van der Waals surface area contributed by atoms with Crippen LogP contribution in [0.25, 0.3) is 0 Å². The van der Waals surface area contributed by atoms with Crippen molar-refractivity contribution < 1.29 is 19.1 Å². The van der Waals surface area contributed by atoms with Crippen LogP contribution < -0.4 is 0 Å². The van der Waals surface area contributed by atoms with Crippen LogP contribution in [0.5, 0.6) is 0 Å². The van der Waals surface area contributed by atoms with Gasteiger partial charge in [-0.15, -0.1) is 0 Å². The van der Waals surface area contributed by atoms with Gasteiger partial charge in [-0.2, -0.15) is 0 Å². The van der Waals surface area contributed by atoms with Crippen LogP contribution in [-0.4, -0.2) is 24.6 Å². The van der Waals surface area contributed by atoms with Crippen LogP contribution in [0.1, 0.15) is 33.6 Å². The Hall–Kier alpha value is -1.32. The smallest absolute Gasteiger partial charge is 0.312 e. The number of carbonyl (C=O) groups excluding carboxylic acids is 2. The van der Waals surface area contributed by atoms with E-state index in [4.69, 9.17) is 4.74 Å². The van der Waals surface area contributed by atoms with Gasteiger partial charge in [-0.1, -0.05) is 12.2 Å². The van der Waals surface area contributed by atoms with E-state index in [0.29, 0.717) is 12.8 Å². The molecule has 0 unspecified atom stereocenters. The van der Waals surface area contributed by atoms with Crippen molar-refractivity contribution in [1.82, 2.24) is 0 Å². The molecule has 96 valence electrons. The highest BCUT2D eigenvalue weighted by atomic mass is 16.6. The van der Waals surface area contributed by atoms with Crippen LogP contribution in [0.2, 0.25) is 0 Å². The van der Waals surface area contributed by atoms with E-state index in [1.165, 1.54) is 7.11 Å². The van der Waals surface area contributed by atoms with Crippen molar-refractivity contribution in [3.05, 3.63) is 12.2 Å². The average molecular weight is 240 g/mol. The molecule has 1 aliphatic carbocycles. The molecule has 1 rings (SSSR count). The summed E-state index contributed by atoms with van der Waals surface area (Å²) >= 11 is 0. The predicted molar refractivity (Wildman–Crippen MR) is 63.2 cm³/mol. The van der Waals surface area contributed by atoms with E-state index in [-0.39, 0.29) is 23.8 Å². The van der Waals surface area contributed by atoms with E-state index >= 15 is 0 Å². The first-order valence-electron chi connectivity index (χ1n) is 5.80. The molecule has 17 heavy (non-hydrogen) atoms. The molecule has 1 aliphatic rings. The van der Waals surface area contributed by atoms with Crippen LogP contribution in [0.3, 0.4) is 0 Å². The third-order valence-corrected chi connectivity index (χ3v) is 2.53. The Morgan fingerprint density at radius 2 is 1.94 bits per heavy atom. The Balaban J connectivity index is 2.39. The van der Waals surface area contributed by atoms with Gasteiger partial charge in [-0.25, -0.2) is 0 Å². The first kappa shape index (κ1) is 13.7. The summed E-state index contributed by atoms with van der Waals surface area (Å²) < 4.78 is 9.89. The Morgan fingerprint density at radius 3 is 2.47 bits per heavy atom. The van der Waals surface area contributed by atoms with Crippen molar-refractivity contribution in [1.29, 1.82) is 0 Å². The van der Waals surface area contributed by atoms with Gasteiger partial charge in [0.2, 0.25) is 0 Å². The molecule has 0 saturated heterocycles. The lowest BCUT2D eigenvalue weighted by Crippen LogP contribution is -2.25. The number of rotatable bonds is 3. The van der Waals surface area contributed by atoms with Gasteiger partial charge in [0.25, 0.3) is 0 Å². The van der Waals surface area contributed by atoms with Gasteiger partial charge in [-0.05, 0) is 33.1 Å². The number of methoxy groups -OCH3 is 1. The van der Waals surface area contributed by atoms with Crippen molar-refractivity contribution in [2.24, 2.45) is 11.8 Å². The molecule has 0 heterocycles. The molecular weight excluding hydrogens is 220 g/mol. The zero-order valence-corrected chi connectivity index (χ0v) is 10.9. The fourth-order valence-electron chi connectivity index (χ4n) is 1.85. The van der Waals surface area contributed by atoms with Gasteiger partial charge in [0.15, 0.2) is 0 Å². The number of carbonyl (C=O) groups is 2. The van der Waals surface area contributed by atoms with Gasteiger partial charge in [0.1, 0.15) is 5.60 Å². The van der Waals surface area contributed by atoms with E-state index in [1.54, 1.807) is 6.08 Å². The lowest BCUT2D eigenvalue weighted by molar-refractivity contribution is -0.156. The largest absolute Gasteiger partial charge is 0.469 e. The third kappa shape index (κ3) is 4.59. The minimum Gasteiger partial charge on any atom is -0.469 e. The van der Waals surface area contributed by atoms with Crippen molar-refractivity contribution in [2.45, 2.75) is 39.2 Å². The summed E-state index contributed by atoms with van der Waals surface area (Å²) in [5, 5.41) is 0. The quantitative estimate of drug-likeness (QED) is 0.560. The summed E-state index contributed by atoms with van der Waals surface area (Å²) in [6.07, 6.45) is 4.65. The van der Waals surface area contributed by atoms with Crippen LogP contribution in [0.15, 0.2) is 12.2 Å². The number of allylic oxidation sites excluding steroid dienone is 1. The topological polar surface area (TPSA) is 52.6 Å². The summed E-state index contributed by atoms with van der Waals surface area (Å²) in [5.41, 5.74) is -0.457. The first-order chi connectivity index (χ1) is 7.81. The Morgan fingerprint density at radius 1 is 1.29 bits per heavy atom. The van der Waals surface area contributed by atoms with E-state index in [0.717, 1.165) is 0 Å². The van der Waals surface area contributed by atoms with Crippen LogP contribution in [-0.2, 0) is 19.1 Å². The maximum Gasteiger partial charge on any atom is 0.312 e. The normalized spacial score (nSPS) is 23.5. The second-order valence-corrected chi connectivity index (χ2v) is 5.30. The second kappa shape index (κ2) is 5.34. The average Bonchev–Trinajstić information content (AvgIpc) is 2.62. The van der Waals surface area contributed by atoms with Gasteiger partial charge in [-0.3, -0.25) is 9.59 Å². The fourth-order valence-corrected chi connectivity index (χ4v) is 1.85. The monoisotopic (exact) mass is 240 g/mol. The van der Waals surface area contributed by atoms with E-state index in [2.05, 4.69) is 4.74 Å². The summed E-state index contributed by atoms with van der Waals surface area (Å²) in [5.74, 6) is -0.605. The molecule has 0 fully saturated rings. The predicted octanol–water partition coefficient (Wildman–Crippen LogP) is 2.08. The molecule has 2 atom stereocenters. The van der Waals surface area contributed by atoms with Crippen molar-refractivity contribution >= 4 is 11.9 Å². The summed E-state index contributed by atoms with van der Waals surface area (Å²) in [4.78, 5) is 22.9. The van der Waals surface area contributed by atoms with Gasteiger partial charge >= 0.3 is 11.9 Å². The number of hydrogen-bond donors (Lipinski definition) is 0. The van der Waals surface area contributed by atoms with Crippen LogP contribution in [0, 0.1) is 11.8 Å². The fraction of sp³-hybridized carbons (Fsp3) is 0.692. The molecule has 0 saturated carbocycles. The molecule has 0 aromatic rings. The van der Waals surface area contributed by atoms with E-state index < -0.39 is 5.60 Å². The maximum absolute atomic E-state index is 11.6. The lowest BCUT2D eigenvalue weighted by atomic mass is 10.0. The highest BCUT2D eigenvalue weighted by Gasteiger charge is 2.28. The van der Waals surface area contributed by atoms with Crippen molar-refractivity contribution in [2.75, 3.05) is 7.11 Å². The zero-order chi connectivity index (χ0) is 13.1. The number of ether oxygens (including phenoxy) is 2. The zero-order valence-electron chi connectivity index (χ0n) is 10.9. The van der Waals surface area contributed by atoms with Gasteiger partial charge in [0, 0.05) is 0 Å². The van der Waals surface area contributed by atoms with Crippen molar-refractivity contribution in [3.63, 3.8) is 0 Å². The Bertz CT molecular complexity index is 325. The highest BCUT2D eigenvalue weighted by Crippen LogP contribution is 2.27. The standard InChI is InChI=1S/C13H20O4/c1-13(2,3)17-11(14)8-9-5-6-10(7-9)12(15)16-4/h5-6,9-10H,7-8H2,1-4H3/t9-,10+/m1/s1. The molecule has 4 heteroatoms. The second-order valence-electron chi connectivity index (χ2n) is 5.30. The van der Waals surface area contributed by atoms with Gasteiger partial charge < -0.3 is 9.47 Å². The lowest BCUT2D eigenvalue weighted by Gasteiger charge is -2.20. The molecule has 0 spiro atoms. The minimum atomic E-state index is -0.457. The molecule has 4 nitrogen and oxygen atoms in total. The summed E-state index contributed by atoms with van der Waals surface area (Å²) in [7, 11) is 1.37. The molecule has 0 aromatic carbocycles. The summed E-state index contributed by atoms with van der Waals surface area (Å²) in [6, 6.07) is 0. The Labute approximate surface area is 102 Å². The van der Waals surface area contributed by atoms with Crippen LogP contribution in [0.4, 0.5) is 0 Å². The molecule has 0 aromatic heterocycles. The minimum absolute atomic E-state index is 0.0777. The first-order valence-corrected chi connectivity index (χ1v) is 5.80. The summed E-state index contributed by atoms with van der Waals surface area (Å²) in [6.45, 7) is 5.52.